The highest BCUT2D eigenvalue weighted by molar-refractivity contribution is 7.98. The monoisotopic (exact) mass is 430 g/mol. The molecule has 4 nitrogen and oxygen atoms in total. The van der Waals surface area contributed by atoms with Gasteiger partial charge in [0.15, 0.2) is 5.16 Å². The topological polar surface area (TPSA) is 32.3 Å². The second-order valence-corrected chi connectivity index (χ2v) is 9.11. The van der Waals surface area contributed by atoms with Crippen LogP contribution in [0.2, 0.25) is 0 Å². The van der Waals surface area contributed by atoms with Crippen LogP contribution in [0.1, 0.15) is 29.7 Å². The molecule has 0 atom stereocenters. The van der Waals surface area contributed by atoms with E-state index in [1.54, 1.807) is 11.8 Å². The molecule has 5 heteroatoms. The molecule has 0 aliphatic heterocycles. The van der Waals surface area contributed by atoms with Crippen molar-refractivity contribution in [2.24, 2.45) is 0 Å². The van der Waals surface area contributed by atoms with Crippen molar-refractivity contribution in [3.63, 3.8) is 0 Å². The predicted octanol–water partition coefficient (Wildman–Crippen LogP) is 5.87. The van der Waals surface area contributed by atoms with Gasteiger partial charge in [0.05, 0.1) is 11.4 Å². The summed E-state index contributed by atoms with van der Waals surface area (Å²) >= 11 is 1.61. The standard InChI is InChI=1S/C26H30N4S/c1-29(2)21-13-9-18(10-14-21)17-20-7-6-8-23-24(27-26(31-5)28-25(20)23)19-11-15-22(16-12-19)30(3)4/h9-17H,6-8H2,1-5H3. The molecule has 0 radical (unpaired) electrons. The molecule has 0 spiro atoms. The van der Waals surface area contributed by atoms with Gasteiger partial charge in [-0.3, -0.25) is 0 Å². The summed E-state index contributed by atoms with van der Waals surface area (Å²) in [5, 5.41) is 0.834. The number of fused-ring (bicyclic) bond motifs is 1. The summed E-state index contributed by atoms with van der Waals surface area (Å²) in [4.78, 5) is 14.1. The van der Waals surface area contributed by atoms with Gasteiger partial charge in [0.2, 0.25) is 0 Å². The minimum Gasteiger partial charge on any atom is -0.378 e. The Morgan fingerprint density at radius 3 is 1.94 bits per heavy atom. The Morgan fingerprint density at radius 2 is 1.35 bits per heavy atom. The normalized spacial score (nSPS) is 14.4. The van der Waals surface area contributed by atoms with E-state index < -0.39 is 0 Å². The van der Waals surface area contributed by atoms with E-state index in [0.717, 1.165) is 41.4 Å². The maximum absolute atomic E-state index is 4.95. The van der Waals surface area contributed by atoms with E-state index in [9.17, 15) is 0 Å². The average molecular weight is 431 g/mol. The van der Waals surface area contributed by atoms with E-state index in [-0.39, 0.29) is 0 Å². The molecule has 4 rings (SSSR count). The third-order valence-electron chi connectivity index (χ3n) is 5.75. The summed E-state index contributed by atoms with van der Waals surface area (Å²) in [6.07, 6.45) is 7.54. The van der Waals surface area contributed by atoms with Gasteiger partial charge in [-0.25, -0.2) is 9.97 Å². The summed E-state index contributed by atoms with van der Waals surface area (Å²) in [5.41, 5.74) is 9.56. The zero-order chi connectivity index (χ0) is 22.0. The first-order chi connectivity index (χ1) is 15.0. The zero-order valence-corrected chi connectivity index (χ0v) is 19.8. The van der Waals surface area contributed by atoms with E-state index in [0.29, 0.717) is 0 Å². The SMILES string of the molecule is CSc1nc2c(c(-c3ccc(N(C)C)cc3)n1)CCCC2=Cc1ccc(N(C)C)cc1. The highest BCUT2D eigenvalue weighted by Crippen LogP contribution is 2.37. The van der Waals surface area contributed by atoms with Crippen LogP contribution in [-0.4, -0.2) is 44.4 Å². The van der Waals surface area contributed by atoms with Crippen LogP contribution < -0.4 is 9.80 Å². The van der Waals surface area contributed by atoms with Crippen molar-refractivity contribution in [3.8, 4) is 11.3 Å². The molecule has 2 aromatic carbocycles. The highest BCUT2D eigenvalue weighted by Gasteiger charge is 2.22. The Bertz CT molecular complexity index is 1080. The lowest BCUT2D eigenvalue weighted by atomic mass is 9.87. The highest BCUT2D eigenvalue weighted by atomic mass is 32.2. The molecule has 0 saturated carbocycles. The van der Waals surface area contributed by atoms with Gasteiger partial charge in [-0.2, -0.15) is 0 Å². The maximum Gasteiger partial charge on any atom is 0.188 e. The van der Waals surface area contributed by atoms with Crippen LogP contribution in [-0.2, 0) is 6.42 Å². The van der Waals surface area contributed by atoms with Crippen LogP contribution in [0.4, 0.5) is 11.4 Å². The second-order valence-electron chi connectivity index (χ2n) is 8.34. The molecular weight excluding hydrogens is 400 g/mol. The van der Waals surface area contributed by atoms with Gasteiger partial charge < -0.3 is 9.80 Å². The zero-order valence-electron chi connectivity index (χ0n) is 19.0. The lowest BCUT2D eigenvalue weighted by Gasteiger charge is -2.22. The third kappa shape index (κ3) is 4.62. The van der Waals surface area contributed by atoms with Gasteiger partial charge in [0.25, 0.3) is 0 Å². The van der Waals surface area contributed by atoms with Crippen molar-refractivity contribution in [1.82, 2.24) is 9.97 Å². The molecule has 3 aromatic rings. The Balaban J connectivity index is 1.78. The lowest BCUT2D eigenvalue weighted by Crippen LogP contribution is -2.10. The number of hydrogen-bond acceptors (Lipinski definition) is 5. The average Bonchev–Trinajstić information content (AvgIpc) is 2.79. The van der Waals surface area contributed by atoms with Crippen molar-refractivity contribution < 1.29 is 0 Å². The molecule has 31 heavy (non-hydrogen) atoms. The summed E-state index contributed by atoms with van der Waals surface area (Å²) < 4.78 is 0. The van der Waals surface area contributed by atoms with Crippen molar-refractivity contribution in [2.75, 3.05) is 44.2 Å². The van der Waals surface area contributed by atoms with Crippen LogP contribution in [0.5, 0.6) is 0 Å². The van der Waals surface area contributed by atoms with E-state index in [4.69, 9.17) is 9.97 Å². The van der Waals surface area contributed by atoms with Crippen LogP contribution in [0, 0.1) is 0 Å². The summed E-state index contributed by atoms with van der Waals surface area (Å²) in [6, 6.07) is 17.4. The fraction of sp³-hybridized carbons (Fsp3) is 0.308. The molecule has 0 fully saturated rings. The minimum atomic E-state index is 0.834. The minimum absolute atomic E-state index is 0.834. The van der Waals surface area contributed by atoms with E-state index in [2.05, 4.69) is 92.6 Å². The number of benzene rings is 2. The number of allylic oxidation sites excluding steroid dienone is 1. The number of nitrogens with zero attached hydrogens (tertiary/aromatic N) is 4. The molecule has 0 bridgehead atoms. The first-order valence-electron chi connectivity index (χ1n) is 10.7. The second kappa shape index (κ2) is 9.15. The third-order valence-corrected chi connectivity index (χ3v) is 6.30. The summed E-state index contributed by atoms with van der Waals surface area (Å²) in [5.74, 6) is 0. The summed E-state index contributed by atoms with van der Waals surface area (Å²) in [6.45, 7) is 0. The number of thioether (sulfide) groups is 1. The molecule has 1 heterocycles. The summed E-state index contributed by atoms with van der Waals surface area (Å²) in [7, 11) is 8.27. The molecule has 1 aromatic heterocycles. The predicted molar refractivity (Wildman–Crippen MR) is 135 cm³/mol. The molecule has 0 unspecified atom stereocenters. The van der Waals surface area contributed by atoms with Crippen LogP contribution >= 0.6 is 11.8 Å². The van der Waals surface area contributed by atoms with Crippen LogP contribution in [0.15, 0.2) is 53.7 Å². The number of aromatic nitrogens is 2. The molecule has 1 aliphatic carbocycles. The van der Waals surface area contributed by atoms with E-state index in [1.165, 1.54) is 28.1 Å². The number of hydrogen-bond donors (Lipinski definition) is 0. The molecule has 1 aliphatic rings. The van der Waals surface area contributed by atoms with Crippen LogP contribution in [0.3, 0.4) is 0 Å². The number of anilines is 2. The molecule has 0 saturated heterocycles. The largest absolute Gasteiger partial charge is 0.378 e. The fourth-order valence-corrected chi connectivity index (χ4v) is 4.36. The molecular formula is C26H30N4S. The van der Waals surface area contributed by atoms with Crippen molar-refractivity contribution in [3.05, 3.63) is 65.4 Å². The Hall–Kier alpha value is -2.79. The Labute approximate surface area is 190 Å². The van der Waals surface area contributed by atoms with Crippen molar-refractivity contribution in [2.45, 2.75) is 24.4 Å². The van der Waals surface area contributed by atoms with Crippen molar-refractivity contribution in [1.29, 1.82) is 0 Å². The lowest BCUT2D eigenvalue weighted by molar-refractivity contribution is 0.784. The van der Waals surface area contributed by atoms with Gasteiger partial charge in [-0.1, -0.05) is 36.0 Å². The maximum atomic E-state index is 4.95. The molecule has 0 amide bonds. The molecule has 0 N–H and O–H groups in total. The van der Waals surface area contributed by atoms with Gasteiger partial charge in [-0.15, -0.1) is 0 Å². The van der Waals surface area contributed by atoms with Crippen molar-refractivity contribution >= 4 is 34.8 Å². The Morgan fingerprint density at radius 1 is 0.774 bits per heavy atom. The van der Waals surface area contributed by atoms with Gasteiger partial charge in [0.1, 0.15) is 0 Å². The van der Waals surface area contributed by atoms with Gasteiger partial charge in [0, 0.05) is 50.7 Å². The van der Waals surface area contributed by atoms with Crippen LogP contribution in [0.25, 0.3) is 22.9 Å². The first kappa shape index (κ1) is 21.4. The van der Waals surface area contributed by atoms with Gasteiger partial charge >= 0.3 is 0 Å². The number of rotatable bonds is 5. The quantitative estimate of drug-likeness (QED) is 0.373. The Kier molecular flexibility index (Phi) is 6.33. The van der Waals surface area contributed by atoms with E-state index >= 15 is 0 Å². The molecule has 160 valence electrons. The van der Waals surface area contributed by atoms with E-state index in [1.807, 2.05) is 6.26 Å². The fourth-order valence-electron chi connectivity index (χ4n) is 4.00. The first-order valence-corrected chi connectivity index (χ1v) is 11.9. The smallest absolute Gasteiger partial charge is 0.188 e. The van der Waals surface area contributed by atoms with Gasteiger partial charge in [-0.05, 0) is 67.0 Å².